The van der Waals surface area contributed by atoms with E-state index in [1.807, 2.05) is 33.2 Å². The maximum Gasteiger partial charge on any atom is 0.260 e. The molecule has 0 unspecified atom stereocenters. The number of sulfonamides is 1. The average molecular weight is 545 g/mol. The first kappa shape index (κ1) is 25.9. The highest BCUT2D eigenvalue weighted by Crippen LogP contribution is 2.40. The van der Waals surface area contributed by atoms with Crippen molar-refractivity contribution >= 4 is 42.6 Å². The predicted octanol–water partition coefficient (Wildman–Crippen LogP) is 4.19. The van der Waals surface area contributed by atoms with Crippen LogP contribution in [0.2, 0.25) is 0 Å². The number of piperidine rings is 1. The summed E-state index contributed by atoms with van der Waals surface area (Å²) in [6, 6.07) is 9.99. The summed E-state index contributed by atoms with van der Waals surface area (Å²) in [5.74, 6) is 1.11. The Morgan fingerprint density at radius 1 is 1.11 bits per heavy atom. The molecule has 37 heavy (non-hydrogen) atoms. The smallest absolute Gasteiger partial charge is 0.260 e. The Bertz CT molecular complexity index is 1350. The number of hydrogen-bond donors (Lipinski definition) is 0. The summed E-state index contributed by atoms with van der Waals surface area (Å²) in [5, 5.41) is 0.585. The lowest BCUT2D eigenvalue weighted by Crippen LogP contribution is -2.41. The van der Waals surface area contributed by atoms with Crippen molar-refractivity contribution < 1.29 is 22.7 Å². The van der Waals surface area contributed by atoms with E-state index in [2.05, 4.69) is 4.90 Å². The number of rotatable bonds is 8. The maximum atomic E-state index is 13.7. The van der Waals surface area contributed by atoms with Crippen LogP contribution in [0.15, 0.2) is 41.3 Å². The molecule has 0 aliphatic carbocycles. The fraction of sp³-hybridized carbons (Fsp3) is 0.462. The van der Waals surface area contributed by atoms with E-state index in [0.29, 0.717) is 35.3 Å². The molecule has 11 heteroatoms. The lowest BCUT2D eigenvalue weighted by Gasteiger charge is -2.32. The molecule has 1 fully saturated rings. The van der Waals surface area contributed by atoms with Crippen molar-refractivity contribution in [3.63, 3.8) is 0 Å². The summed E-state index contributed by atoms with van der Waals surface area (Å²) in [6.07, 6.45) is 3.53. The molecule has 0 spiro atoms. The van der Waals surface area contributed by atoms with Crippen LogP contribution in [0.3, 0.4) is 0 Å². The SMILES string of the molecule is C[C@@H]1CCCCN1S(=O)(=O)c1ccc(C(=O)N(CCCN(C)C)c2nc3cc4c(cc3s2)OCO4)cc1. The van der Waals surface area contributed by atoms with Gasteiger partial charge in [-0.2, -0.15) is 4.31 Å². The number of fused-ring (bicyclic) bond motifs is 2. The van der Waals surface area contributed by atoms with Gasteiger partial charge < -0.3 is 14.4 Å². The molecule has 0 radical (unpaired) electrons. The third-order valence-corrected chi connectivity index (χ3v) is 9.85. The summed E-state index contributed by atoms with van der Waals surface area (Å²) in [7, 11) is 0.384. The van der Waals surface area contributed by atoms with Crippen LogP contribution in [-0.4, -0.2) is 75.1 Å². The molecule has 198 valence electrons. The van der Waals surface area contributed by atoms with Gasteiger partial charge in [0.25, 0.3) is 5.91 Å². The fourth-order valence-electron chi connectivity index (χ4n) is 4.74. The highest BCUT2D eigenvalue weighted by atomic mass is 32.2. The highest BCUT2D eigenvalue weighted by molar-refractivity contribution is 7.89. The first-order chi connectivity index (χ1) is 17.7. The van der Waals surface area contributed by atoms with Crippen LogP contribution in [0.25, 0.3) is 10.2 Å². The number of nitrogens with zero attached hydrogens (tertiary/aromatic N) is 4. The Kier molecular flexibility index (Phi) is 7.39. The number of carbonyl (C=O) groups is 1. The second kappa shape index (κ2) is 10.6. The Balaban J connectivity index is 1.42. The zero-order chi connectivity index (χ0) is 26.2. The van der Waals surface area contributed by atoms with E-state index >= 15 is 0 Å². The van der Waals surface area contributed by atoms with Crippen LogP contribution in [0, 0.1) is 0 Å². The summed E-state index contributed by atoms with van der Waals surface area (Å²) >= 11 is 1.42. The zero-order valence-corrected chi connectivity index (χ0v) is 23.0. The van der Waals surface area contributed by atoms with Gasteiger partial charge in [-0.15, -0.1) is 0 Å². The van der Waals surface area contributed by atoms with Gasteiger partial charge in [0.2, 0.25) is 16.8 Å². The standard InChI is InChI=1S/C26H32N4O5S2/c1-18-7-4-5-14-30(18)37(32,33)20-10-8-19(9-11-20)25(31)29(13-6-12-28(2)3)26-27-21-15-22-23(35-17-34-22)16-24(21)36-26/h8-11,15-16,18H,4-7,12-14,17H2,1-3H3/t18-/m1/s1. The molecule has 2 aromatic carbocycles. The van der Waals surface area contributed by atoms with E-state index in [-0.39, 0.29) is 23.6 Å². The van der Waals surface area contributed by atoms with Gasteiger partial charge >= 0.3 is 0 Å². The second-order valence-electron chi connectivity index (χ2n) is 9.77. The van der Waals surface area contributed by atoms with Crippen LogP contribution < -0.4 is 14.4 Å². The molecule has 3 heterocycles. The Hall–Kier alpha value is -2.73. The van der Waals surface area contributed by atoms with Crippen LogP contribution >= 0.6 is 11.3 Å². The minimum Gasteiger partial charge on any atom is -0.454 e. The zero-order valence-electron chi connectivity index (χ0n) is 21.3. The number of benzene rings is 2. The second-order valence-corrected chi connectivity index (χ2v) is 12.7. The van der Waals surface area contributed by atoms with E-state index in [1.165, 1.54) is 11.3 Å². The number of carbonyl (C=O) groups excluding carboxylic acids is 1. The van der Waals surface area contributed by atoms with Gasteiger partial charge in [-0.25, -0.2) is 13.4 Å². The number of ether oxygens (including phenoxy) is 2. The van der Waals surface area contributed by atoms with Gasteiger partial charge in [0.05, 0.1) is 15.1 Å². The largest absolute Gasteiger partial charge is 0.454 e. The van der Waals surface area contributed by atoms with Crippen LogP contribution in [-0.2, 0) is 10.0 Å². The monoisotopic (exact) mass is 544 g/mol. The normalized spacial score (nSPS) is 18.0. The quantitative estimate of drug-likeness (QED) is 0.420. The molecule has 0 saturated carbocycles. The van der Waals surface area contributed by atoms with Crippen molar-refractivity contribution in [1.29, 1.82) is 0 Å². The van der Waals surface area contributed by atoms with E-state index in [1.54, 1.807) is 33.5 Å². The minimum absolute atomic E-state index is 0.0246. The first-order valence-corrected chi connectivity index (χ1v) is 14.8. The van der Waals surface area contributed by atoms with Crippen molar-refractivity contribution in [2.24, 2.45) is 0 Å². The molecule has 5 rings (SSSR count). The molecule has 3 aromatic rings. The van der Waals surface area contributed by atoms with Crippen molar-refractivity contribution in [1.82, 2.24) is 14.2 Å². The number of amides is 1. The predicted molar refractivity (Wildman–Crippen MR) is 144 cm³/mol. The molecule has 9 nitrogen and oxygen atoms in total. The van der Waals surface area contributed by atoms with Gasteiger partial charge in [0.1, 0.15) is 0 Å². The molecule has 2 aliphatic rings. The molecular formula is C26H32N4O5S2. The maximum absolute atomic E-state index is 13.7. The van der Waals surface area contributed by atoms with Crippen molar-refractivity contribution in [3.8, 4) is 11.5 Å². The number of aromatic nitrogens is 1. The fourth-order valence-corrected chi connectivity index (χ4v) is 7.44. The number of hydrogen-bond acceptors (Lipinski definition) is 8. The number of anilines is 1. The summed E-state index contributed by atoms with van der Waals surface area (Å²) in [6.45, 7) is 3.97. The third kappa shape index (κ3) is 5.31. The lowest BCUT2D eigenvalue weighted by molar-refractivity contribution is 0.0986. The van der Waals surface area contributed by atoms with Crippen molar-refractivity contribution in [2.45, 2.75) is 43.5 Å². The molecule has 0 N–H and O–H groups in total. The average Bonchev–Trinajstić information content (AvgIpc) is 3.50. The third-order valence-electron chi connectivity index (χ3n) is 6.78. The van der Waals surface area contributed by atoms with Crippen LogP contribution in [0.4, 0.5) is 5.13 Å². The summed E-state index contributed by atoms with van der Waals surface area (Å²) in [5.41, 5.74) is 1.16. The Morgan fingerprint density at radius 3 is 2.54 bits per heavy atom. The van der Waals surface area contributed by atoms with E-state index in [0.717, 1.165) is 42.4 Å². The molecular weight excluding hydrogens is 512 g/mol. The topological polar surface area (TPSA) is 92.3 Å². The van der Waals surface area contributed by atoms with Gasteiger partial charge in [0.15, 0.2) is 16.6 Å². The summed E-state index contributed by atoms with van der Waals surface area (Å²) < 4.78 is 39.9. The van der Waals surface area contributed by atoms with E-state index < -0.39 is 10.0 Å². The van der Waals surface area contributed by atoms with Gasteiger partial charge in [-0.3, -0.25) is 9.69 Å². The molecule has 1 amide bonds. The highest BCUT2D eigenvalue weighted by Gasteiger charge is 2.31. The van der Waals surface area contributed by atoms with Gasteiger partial charge in [-0.05, 0) is 71.1 Å². The Labute approximate surface area is 221 Å². The molecule has 1 atom stereocenters. The lowest BCUT2D eigenvalue weighted by atomic mass is 10.1. The van der Waals surface area contributed by atoms with Gasteiger partial charge in [0, 0.05) is 36.8 Å². The molecule has 1 aromatic heterocycles. The molecule has 1 saturated heterocycles. The molecule has 2 aliphatic heterocycles. The van der Waals surface area contributed by atoms with Crippen molar-refractivity contribution in [3.05, 3.63) is 42.0 Å². The van der Waals surface area contributed by atoms with Crippen molar-refractivity contribution in [2.75, 3.05) is 45.4 Å². The Morgan fingerprint density at radius 2 is 1.84 bits per heavy atom. The van der Waals surface area contributed by atoms with Crippen LogP contribution in [0.5, 0.6) is 11.5 Å². The number of thiazole rings is 1. The van der Waals surface area contributed by atoms with Crippen LogP contribution in [0.1, 0.15) is 43.0 Å². The van der Waals surface area contributed by atoms with E-state index in [4.69, 9.17) is 14.5 Å². The van der Waals surface area contributed by atoms with Gasteiger partial charge in [-0.1, -0.05) is 17.8 Å². The summed E-state index contributed by atoms with van der Waals surface area (Å²) in [4.78, 5) is 22.4. The first-order valence-electron chi connectivity index (χ1n) is 12.5. The molecule has 0 bridgehead atoms. The minimum atomic E-state index is -3.60. The van der Waals surface area contributed by atoms with E-state index in [9.17, 15) is 13.2 Å².